The Hall–Kier alpha value is -1.14. The Balaban J connectivity index is 2.21. The van der Waals surface area contributed by atoms with E-state index in [1.807, 2.05) is 13.8 Å². The second-order valence-corrected chi connectivity index (χ2v) is 4.62. The highest BCUT2D eigenvalue weighted by Crippen LogP contribution is 2.19. The van der Waals surface area contributed by atoms with Gasteiger partial charge in [-0.05, 0) is 19.4 Å². The second-order valence-electron chi connectivity index (χ2n) is 4.62. The Bertz CT molecular complexity index is 296. The average molecular weight is 258 g/mol. The number of rotatable bonds is 7. The van der Waals surface area contributed by atoms with Crippen molar-refractivity contribution in [3.05, 3.63) is 0 Å². The molecule has 0 aromatic rings. The fraction of sp³-hybridized carbons (Fsp3) is 0.833. The summed E-state index contributed by atoms with van der Waals surface area (Å²) in [5.74, 6) is -1.05. The van der Waals surface area contributed by atoms with Gasteiger partial charge >= 0.3 is 5.97 Å². The molecule has 0 spiro atoms. The van der Waals surface area contributed by atoms with Crippen LogP contribution in [0, 0.1) is 5.92 Å². The van der Waals surface area contributed by atoms with E-state index in [2.05, 4.69) is 10.6 Å². The number of ether oxygens (including phenoxy) is 1. The van der Waals surface area contributed by atoms with E-state index in [1.54, 1.807) is 0 Å². The molecule has 0 aromatic heterocycles. The van der Waals surface area contributed by atoms with Crippen molar-refractivity contribution < 1.29 is 19.4 Å². The van der Waals surface area contributed by atoms with Crippen LogP contribution in [0.4, 0.5) is 0 Å². The lowest BCUT2D eigenvalue weighted by atomic mass is 10.1. The van der Waals surface area contributed by atoms with Gasteiger partial charge in [0.05, 0.1) is 6.10 Å². The number of carbonyl (C=O) groups is 2. The molecule has 0 saturated carbocycles. The van der Waals surface area contributed by atoms with Gasteiger partial charge in [-0.25, -0.2) is 4.79 Å². The van der Waals surface area contributed by atoms with E-state index in [1.165, 1.54) is 0 Å². The van der Waals surface area contributed by atoms with E-state index in [9.17, 15) is 9.59 Å². The van der Waals surface area contributed by atoms with Crippen LogP contribution in [0.25, 0.3) is 0 Å². The largest absolute Gasteiger partial charge is 0.479 e. The zero-order chi connectivity index (χ0) is 13.5. The maximum Gasteiger partial charge on any atom is 0.332 e. The highest BCUT2D eigenvalue weighted by atomic mass is 16.5. The summed E-state index contributed by atoms with van der Waals surface area (Å²) < 4.78 is 5.30. The van der Waals surface area contributed by atoms with E-state index in [0.29, 0.717) is 25.9 Å². The molecule has 18 heavy (non-hydrogen) atoms. The molecule has 1 fully saturated rings. The Morgan fingerprint density at radius 3 is 2.72 bits per heavy atom. The van der Waals surface area contributed by atoms with Crippen LogP contribution in [-0.2, 0) is 14.3 Å². The van der Waals surface area contributed by atoms with E-state index >= 15 is 0 Å². The molecule has 3 N–H and O–H groups in total. The molecule has 0 bridgehead atoms. The number of hydrogen-bond donors (Lipinski definition) is 3. The summed E-state index contributed by atoms with van der Waals surface area (Å²) in [6.45, 7) is 5.71. The topological polar surface area (TPSA) is 87.7 Å². The van der Waals surface area contributed by atoms with Crippen LogP contribution in [0.5, 0.6) is 0 Å². The van der Waals surface area contributed by atoms with Crippen LogP contribution in [0.2, 0.25) is 0 Å². The second kappa shape index (κ2) is 7.33. The first-order chi connectivity index (χ1) is 8.54. The molecule has 1 aliphatic heterocycles. The fourth-order valence-electron chi connectivity index (χ4n) is 1.88. The highest BCUT2D eigenvalue weighted by molar-refractivity contribution is 5.78. The Labute approximate surface area is 107 Å². The number of carbonyl (C=O) groups excluding carboxylic acids is 1. The molecular weight excluding hydrogens is 236 g/mol. The summed E-state index contributed by atoms with van der Waals surface area (Å²) in [6, 6.07) is 0. The van der Waals surface area contributed by atoms with Crippen LogP contribution in [0.3, 0.4) is 0 Å². The van der Waals surface area contributed by atoms with Gasteiger partial charge in [-0.2, -0.15) is 0 Å². The maximum atomic E-state index is 11.7. The molecule has 1 saturated heterocycles. The van der Waals surface area contributed by atoms with Crippen molar-refractivity contribution in [2.45, 2.75) is 38.9 Å². The van der Waals surface area contributed by atoms with Crippen molar-refractivity contribution in [1.29, 1.82) is 0 Å². The van der Waals surface area contributed by atoms with Crippen molar-refractivity contribution in [3.8, 4) is 0 Å². The average Bonchev–Trinajstić information content (AvgIpc) is 2.81. The predicted molar refractivity (Wildman–Crippen MR) is 66.2 cm³/mol. The number of aliphatic carboxylic acids is 1. The Morgan fingerprint density at radius 2 is 2.17 bits per heavy atom. The number of hydrogen-bond acceptors (Lipinski definition) is 4. The summed E-state index contributed by atoms with van der Waals surface area (Å²) in [7, 11) is 0. The third kappa shape index (κ3) is 4.62. The fourth-order valence-corrected chi connectivity index (χ4v) is 1.88. The van der Waals surface area contributed by atoms with Crippen LogP contribution in [0.1, 0.15) is 26.7 Å². The van der Waals surface area contributed by atoms with E-state index in [0.717, 1.165) is 6.54 Å². The van der Waals surface area contributed by atoms with Crippen LogP contribution < -0.4 is 10.6 Å². The Morgan fingerprint density at radius 1 is 1.44 bits per heavy atom. The molecule has 104 valence electrons. The van der Waals surface area contributed by atoms with Crippen molar-refractivity contribution in [1.82, 2.24) is 10.6 Å². The standard InChI is InChI=1S/C12H22N2O4/c1-3-13-6-8(2)11(15)14-7-9-4-5-10(18-9)12(16)17/h8-10,13H,3-7H2,1-2H3,(H,14,15)(H,16,17). The third-order valence-electron chi connectivity index (χ3n) is 3.04. The molecule has 1 rings (SSSR count). The minimum atomic E-state index is -0.927. The van der Waals surface area contributed by atoms with Gasteiger partial charge in [-0.1, -0.05) is 13.8 Å². The molecule has 3 unspecified atom stereocenters. The molecular formula is C12H22N2O4. The smallest absolute Gasteiger partial charge is 0.332 e. The van der Waals surface area contributed by atoms with E-state index in [4.69, 9.17) is 9.84 Å². The van der Waals surface area contributed by atoms with Gasteiger partial charge in [-0.15, -0.1) is 0 Å². The summed E-state index contributed by atoms with van der Waals surface area (Å²) in [4.78, 5) is 22.4. The van der Waals surface area contributed by atoms with Gasteiger partial charge in [-0.3, -0.25) is 4.79 Å². The monoisotopic (exact) mass is 258 g/mol. The molecule has 6 nitrogen and oxygen atoms in total. The Kier molecular flexibility index (Phi) is 6.07. The molecule has 3 atom stereocenters. The minimum Gasteiger partial charge on any atom is -0.479 e. The molecule has 0 aromatic carbocycles. The van der Waals surface area contributed by atoms with Gasteiger partial charge in [0, 0.05) is 19.0 Å². The zero-order valence-electron chi connectivity index (χ0n) is 10.9. The third-order valence-corrected chi connectivity index (χ3v) is 3.04. The summed E-state index contributed by atoms with van der Waals surface area (Å²) in [6.07, 6.45) is 0.300. The van der Waals surface area contributed by atoms with Crippen molar-refractivity contribution in [2.75, 3.05) is 19.6 Å². The van der Waals surface area contributed by atoms with E-state index < -0.39 is 12.1 Å². The van der Waals surface area contributed by atoms with Crippen LogP contribution >= 0.6 is 0 Å². The first-order valence-corrected chi connectivity index (χ1v) is 6.41. The van der Waals surface area contributed by atoms with Crippen molar-refractivity contribution >= 4 is 11.9 Å². The summed E-state index contributed by atoms with van der Waals surface area (Å²) in [5, 5.41) is 14.7. The summed E-state index contributed by atoms with van der Waals surface area (Å²) >= 11 is 0. The number of carboxylic acids is 1. The molecule has 1 heterocycles. The maximum absolute atomic E-state index is 11.7. The lowest BCUT2D eigenvalue weighted by molar-refractivity contribution is -0.149. The van der Waals surface area contributed by atoms with Gasteiger partial charge in [0.1, 0.15) is 0 Å². The van der Waals surface area contributed by atoms with Gasteiger partial charge < -0.3 is 20.5 Å². The highest BCUT2D eigenvalue weighted by Gasteiger charge is 2.30. The van der Waals surface area contributed by atoms with Gasteiger partial charge in [0.25, 0.3) is 0 Å². The minimum absolute atomic E-state index is 0.0293. The number of carboxylic acid groups (broad SMARTS) is 1. The first-order valence-electron chi connectivity index (χ1n) is 6.41. The van der Waals surface area contributed by atoms with Gasteiger partial charge in [0.15, 0.2) is 6.10 Å². The predicted octanol–water partition coefficient (Wildman–Crippen LogP) is -0.0196. The zero-order valence-corrected chi connectivity index (χ0v) is 10.9. The van der Waals surface area contributed by atoms with Gasteiger partial charge in [0.2, 0.25) is 5.91 Å². The number of amides is 1. The SMILES string of the molecule is CCNCC(C)C(=O)NCC1CCC(C(=O)O)O1. The lowest BCUT2D eigenvalue weighted by Crippen LogP contribution is -2.39. The van der Waals surface area contributed by atoms with Crippen LogP contribution in [-0.4, -0.2) is 48.8 Å². The normalized spacial score (nSPS) is 24.8. The van der Waals surface area contributed by atoms with Crippen LogP contribution in [0.15, 0.2) is 0 Å². The molecule has 0 aliphatic carbocycles. The van der Waals surface area contributed by atoms with Crippen molar-refractivity contribution in [3.63, 3.8) is 0 Å². The quantitative estimate of drug-likeness (QED) is 0.597. The molecule has 6 heteroatoms. The van der Waals surface area contributed by atoms with E-state index in [-0.39, 0.29) is 17.9 Å². The number of nitrogens with one attached hydrogen (secondary N) is 2. The summed E-state index contributed by atoms with van der Waals surface area (Å²) in [5.41, 5.74) is 0. The lowest BCUT2D eigenvalue weighted by Gasteiger charge is -2.15. The first kappa shape index (κ1) is 14.9. The van der Waals surface area contributed by atoms with Crippen molar-refractivity contribution in [2.24, 2.45) is 5.92 Å². The molecule has 1 amide bonds. The molecule has 1 aliphatic rings. The molecule has 0 radical (unpaired) electrons.